The fraction of sp³-hybridized carbons (Fsp3) is 0.409. The number of carbonyl (C=O) groups excluding carboxylic acids is 1. The Labute approximate surface area is 182 Å². The highest BCUT2D eigenvalue weighted by atomic mass is 19.2. The van der Waals surface area contributed by atoms with E-state index in [1.165, 1.54) is 13.2 Å². The molecular formula is C22H24F3N3O4. The van der Waals surface area contributed by atoms with Gasteiger partial charge in [-0.3, -0.25) is 4.79 Å². The number of rotatable bonds is 7. The molecule has 0 aliphatic carbocycles. The van der Waals surface area contributed by atoms with Gasteiger partial charge in [0.2, 0.25) is 0 Å². The Hall–Kier alpha value is -3.14. The number of hydrogen-bond acceptors (Lipinski definition) is 6. The average Bonchev–Trinajstić information content (AvgIpc) is 3.14. The zero-order valence-corrected chi connectivity index (χ0v) is 18.2. The Balaban J connectivity index is 2.02. The third kappa shape index (κ3) is 4.85. The standard InChI is InChI=1S/C22H24F3N3O4/c1-22(2,3)13-9-12(5-6-17(29)32-8-7-31-4)10-16(21(13)30)28-26-15-11-14(23)18(24)19(25)20(15)27-28/h9-11,30H,5-8H2,1-4H3. The fourth-order valence-electron chi connectivity index (χ4n) is 3.17. The number of methoxy groups -OCH3 is 1. The minimum absolute atomic E-state index is 0.0804. The first-order valence-corrected chi connectivity index (χ1v) is 9.94. The third-order valence-corrected chi connectivity index (χ3v) is 4.85. The van der Waals surface area contributed by atoms with Gasteiger partial charge in [-0.2, -0.15) is 0 Å². The first-order valence-electron chi connectivity index (χ1n) is 9.94. The maximum absolute atomic E-state index is 14.1. The van der Waals surface area contributed by atoms with E-state index in [0.717, 1.165) is 10.9 Å². The summed E-state index contributed by atoms with van der Waals surface area (Å²) in [6, 6.07) is 4.03. The number of carbonyl (C=O) groups is 1. The first-order chi connectivity index (χ1) is 15.0. The molecular weight excluding hydrogens is 427 g/mol. The highest BCUT2D eigenvalue weighted by Crippen LogP contribution is 2.36. The predicted molar refractivity (Wildman–Crippen MR) is 110 cm³/mol. The number of phenolic OH excluding ortho intramolecular Hbond substituents is 1. The van der Waals surface area contributed by atoms with Crippen LogP contribution >= 0.6 is 0 Å². The molecule has 3 aromatic rings. The number of benzene rings is 2. The van der Waals surface area contributed by atoms with Gasteiger partial charge in [0.15, 0.2) is 23.0 Å². The van der Waals surface area contributed by atoms with Crippen LogP contribution in [0.3, 0.4) is 0 Å². The van der Waals surface area contributed by atoms with E-state index < -0.39 is 34.4 Å². The summed E-state index contributed by atoms with van der Waals surface area (Å²) >= 11 is 0. The molecule has 172 valence electrons. The van der Waals surface area contributed by atoms with Crippen molar-refractivity contribution in [2.45, 2.75) is 39.0 Å². The molecule has 0 aliphatic heterocycles. The van der Waals surface area contributed by atoms with Crippen molar-refractivity contribution in [2.24, 2.45) is 0 Å². The van der Waals surface area contributed by atoms with Gasteiger partial charge in [0.05, 0.1) is 6.61 Å². The molecule has 0 bridgehead atoms. The monoisotopic (exact) mass is 451 g/mol. The second-order valence-electron chi connectivity index (χ2n) is 8.32. The van der Waals surface area contributed by atoms with Gasteiger partial charge in [-0.05, 0) is 23.5 Å². The zero-order valence-electron chi connectivity index (χ0n) is 18.2. The van der Waals surface area contributed by atoms with Gasteiger partial charge in [-0.25, -0.2) is 13.2 Å². The van der Waals surface area contributed by atoms with E-state index in [2.05, 4.69) is 10.2 Å². The number of aromatic nitrogens is 3. The Morgan fingerprint density at radius 1 is 1.09 bits per heavy atom. The first kappa shape index (κ1) is 23.5. The minimum atomic E-state index is -1.65. The maximum Gasteiger partial charge on any atom is 0.306 e. The summed E-state index contributed by atoms with van der Waals surface area (Å²) in [5, 5.41) is 18.8. The van der Waals surface area contributed by atoms with E-state index in [1.807, 2.05) is 20.8 Å². The summed E-state index contributed by atoms with van der Waals surface area (Å²) in [7, 11) is 1.50. The van der Waals surface area contributed by atoms with Gasteiger partial charge in [0.25, 0.3) is 0 Å². The van der Waals surface area contributed by atoms with Crippen LogP contribution in [0, 0.1) is 17.5 Å². The quantitative estimate of drug-likeness (QED) is 0.332. The molecule has 0 unspecified atom stereocenters. The molecule has 0 saturated carbocycles. The van der Waals surface area contributed by atoms with Crippen LogP contribution in [0.4, 0.5) is 13.2 Å². The van der Waals surface area contributed by atoms with Gasteiger partial charge < -0.3 is 14.6 Å². The summed E-state index contributed by atoms with van der Waals surface area (Å²) in [6.07, 6.45) is 0.373. The van der Waals surface area contributed by atoms with Crippen molar-refractivity contribution < 1.29 is 32.5 Å². The molecule has 10 heteroatoms. The van der Waals surface area contributed by atoms with Crippen LogP contribution in [0.25, 0.3) is 16.7 Å². The van der Waals surface area contributed by atoms with Crippen LogP contribution < -0.4 is 0 Å². The molecule has 0 amide bonds. The average molecular weight is 451 g/mol. The van der Waals surface area contributed by atoms with Gasteiger partial charge in [0, 0.05) is 25.2 Å². The van der Waals surface area contributed by atoms with E-state index in [9.17, 15) is 23.1 Å². The Bertz CT molecular complexity index is 1160. The molecule has 0 atom stereocenters. The smallest absolute Gasteiger partial charge is 0.306 e. The second kappa shape index (κ2) is 9.15. The lowest BCUT2D eigenvalue weighted by molar-refractivity contribution is -0.144. The number of hydrogen-bond donors (Lipinski definition) is 1. The van der Waals surface area contributed by atoms with Gasteiger partial charge in [-0.15, -0.1) is 15.0 Å². The van der Waals surface area contributed by atoms with E-state index >= 15 is 0 Å². The van der Waals surface area contributed by atoms with Crippen LogP contribution in [0.5, 0.6) is 5.75 Å². The number of phenols is 1. The van der Waals surface area contributed by atoms with Crippen LogP contribution in [0.1, 0.15) is 38.3 Å². The van der Waals surface area contributed by atoms with E-state index in [0.29, 0.717) is 24.2 Å². The molecule has 1 heterocycles. The molecule has 0 aliphatic rings. The highest BCUT2D eigenvalue weighted by molar-refractivity contribution is 5.75. The molecule has 0 radical (unpaired) electrons. The van der Waals surface area contributed by atoms with Gasteiger partial charge in [-0.1, -0.05) is 26.8 Å². The summed E-state index contributed by atoms with van der Waals surface area (Å²) in [5.41, 5.74) is 0.140. The molecule has 3 rings (SSSR count). The molecule has 1 aromatic heterocycles. The molecule has 1 N–H and O–H groups in total. The van der Waals surface area contributed by atoms with E-state index in [1.54, 1.807) is 6.07 Å². The molecule has 0 spiro atoms. The maximum atomic E-state index is 14.1. The number of aromatic hydroxyl groups is 1. The van der Waals surface area contributed by atoms with Crippen LogP contribution in [0.15, 0.2) is 18.2 Å². The summed E-state index contributed by atoms with van der Waals surface area (Å²) < 4.78 is 51.2. The lowest BCUT2D eigenvalue weighted by Gasteiger charge is -2.23. The van der Waals surface area contributed by atoms with Crippen LogP contribution in [0.2, 0.25) is 0 Å². The number of ether oxygens (including phenoxy) is 2. The zero-order chi connectivity index (χ0) is 23.6. The fourth-order valence-corrected chi connectivity index (χ4v) is 3.17. The number of fused-ring (bicyclic) bond motifs is 1. The lowest BCUT2D eigenvalue weighted by Crippen LogP contribution is -2.15. The van der Waals surface area contributed by atoms with Crippen molar-refractivity contribution >= 4 is 17.0 Å². The van der Waals surface area contributed by atoms with Crippen LogP contribution in [-0.2, 0) is 26.1 Å². The Morgan fingerprint density at radius 2 is 1.81 bits per heavy atom. The summed E-state index contributed by atoms with van der Waals surface area (Å²) in [5.74, 6) is -5.07. The third-order valence-electron chi connectivity index (χ3n) is 4.85. The summed E-state index contributed by atoms with van der Waals surface area (Å²) in [6.45, 7) is 6.08. The normalized spacial score (nSPS) is 11.8. The molecule has 0 fully saturated rings. The number of aryl methyl sites for hydroxylation is 1. The van der Waals surface area contributed by atoms with Gasteiger partial charge >= 0.3 is 5.97 Å². The van der Waals surface area contributed by atoms with Crippen molar-refractivity contribution in [1.29, 1.82) is 0 Å². The molecule has 2 aromatic carbocycles. The Morgan fingerprint density at radius 3 is 2.47 bits per heavy atom. The molecule has 32 heavy (non-hydrogen) atoms. The second-order valence-corrected chi connectivity index (χ2v) is 8.32. The Kier molecular flexibility index (Phi) is 6.73. The van der Waals surface area contributed by atoms with Crippen LogP contribution in [-0.4, -0.2) is 46.4 Å². The highest BCUT2D eigenvalue weighted by Gasteiger charge is 2.25. The largest absolute Gasteiger partial charge is 0.505 e. The topological polar surface area (TPSA) is 86.5 Å². The predicted octanol–water partition coefficient (Wildman–Crippen LogP) is 3.96. The van der Waals surface area contributed by atoms with E-state index in [4.69, 9.17) is 9.47 Å². The SMILES string of the molecule is COCCOC(=O)CCc1cc(-n2nc3cc(F)c(F)c(F)c3n2)c(O)c(C(C)(C)C)c1. The molecule has 7 nitrogen and oxygen atoms in total. The van der Waals surface area contributed by atoms with E-state index in [-0.39, 0.29) is 30.0 Å². The van der Waals surface area contributed by atoms with Gasteiger partial charge in [0.1, 0.15) is 23.6 Å². The number of esters is 1. The van der Waals surface area contributed by atoms with Crippen molar-refractivity contribution in [3.8, 4) is 11.4 Å². The van der Waals surface area contributed by atoms with Crippen molar-refractivity contribution in [3.05, 3.63) is 46.8 Å². The number of nitrogens with zero attached hydrogens (tertiary/aromatic N) is 3. The lowest BCUT2D eigenvalue weighted by atomic mass is 9.84. The molecule has 0 saturated heterocycles. The van der Waals surface area contributed by atoms with Crippen molar-refractivity contribution in [2.75, 3.05) is 20.3 Å². The number of halogens is 3. The van der Waals surface area contributed by atoms with Crippen molar-refractivity contribution in [1.82, 2.24) is 15.0 Å². The summed E-state index contributed by atoms with van der Waals surface area (Å²) in [4.78, 5) is 12.9. The van der Waals surface area contributed by atoms with Crippen molar-refractivity contribution in [3.63, 3.8) is 0 Å². The minimum Gasteiger partial charge on any atom is -0.505 e.